The molecule has 338 valence electrons. The standard InChI is InChI=1S/C20H17F3N6O2.C18H15BrF3N3O2.2O2S/c1-3-13-7-14(18(29-11-24-10-26-29)28-30-9-20(21,22)23)8-25-17(13)19-27-15-6-12(2)4-5-16(15)31-19;1-3-11-7-12(16(19)25-26-9-18(20,21)22)8-23-15(11)17-24-13-6-10(2)4-5-14(13)27-17;2*1-3-2/h4-8,10-11H,3,9H2,1-2H3;4-8H,3,9H2,1-2H3;;/b28-18-;25-16-;;. The Kier molecular flexibility index (Phi) is 18.2. The van der Waals surface area contributed by atoms with Gasteiger partial charge in [0.15, 0.2) is 15.8 Å². The second-order valence-electron chi connectivity index (χ2n) is 12.7. The van der Waals surface area contributed by atoms with E-state index in [2.05, 4.69) is 65.9 Å². The number of aryl methyl sites for hydroxylation is 4. The Balaban J connectivity index is 0.000000252. The van der Waals surface area contributed by atoms with Crippen molar-refractivity contribution in [2.45, 2.75) is 52.9 Å². The maximum atomic E-state index is 12.5. The van der Waals surface area contributed by atoms with Crippen molar-refractivity contribution >= 4 is 71.7 Å². The number of hydrogen-bond donors (Lipinski definition) is 0. The zero-order valence-corrected chi connectivity index (χ0v) is 36.7. The molecule has 0 bridgehead atoms. The lowest BCUT2D eigenvalue weighted by Crippen LogP contribution is -2.19. The molecule has 0 saturated carbocycles. The number of aromatic nitrogens is 7. The van der Waals surface area contributed by atoms with Crippen LogP contribution in [0.2, 0.25) is 0 Å². The number of benzene rings is 2. The topological polar surface area (TPSA) is 220 Å². The fourth-order valence-corrected chi connectivity index (χ4v) is 5.70. The molecule has 0 radical (unpaired) electrons. The summed E-state index contributed by atoms with van der Waals surface area (Å²) < 4.78 is 120. The molecule has 64 heavy (non-hydrogen) atoms. The molecule has 17 nitrogen and oxygen atoms in total. The number of oxazole rings is 2. The van der Waals surface area contributed by atoms with Gasteiger partial charge in [-0.25, -0.2) is 15.0 Å². The van der Waals surface area contributed by atoms with Crippen LogP contribution < -0.4 is 0 Å². The minimum absolute atomic E-state index is 0.0173. The summed E-state index contributed by atoms with van der Waals surface area (Å²) in [6, 6.07) is 14.9. The maximum absolute atomic E-state index is 12.5. The highest BCUT2D eigenvalue weighted by Gasteiger charge is 2.30. The molecule has 5 heterocycles. The highest BCUT2D eigenvalue weighted by atomic mass is 79.9. The van der Waals surface area contributed by atoms with Crippen molar-refractivity contribution in [3.63, 3.8) is 0 Å². The second-order valence-corrected chi connectivity index (χ2v) is 13.7. The molecule has 26 heteroatoms. The van der Waals surface area contributed by atoms with E-state index >= 15 is 0 Å². The Morgan fingerprint density at radius 3 is 1.61 bits per heavy atom. The monoisotopic (exact) mass is 999 g/mol. The molecule has 2 aromatic carbocycles. The Morgan fingerprint density at radius 2 is 1.17 bits per heavy atom. The summed E-state index contributed by atoms with van der Waals surface area (Å²) in [6.07, 6.45) is -2.30. The van der Waals surface area contributed by atoms with Crippen molar-refractivity contribution in [3.8, 4) is 23.2 Å². The molecule has 0 saturated heterocycles. The van der Waals surface area contributed by atoms with Gasteiger partial charge in [-0.05, 0) is 101 Å². The predicted molar refractivity (Wildman–Crippen MR) is 222 cm³/mol. The van der Waals surface area contributed by atoms with Gasteiger partial charge in [-0.1, -0.05) is 36.3 Å². The smallest absolute Gasteiger partial charge is 0.425 e. The molecule has 0 fully saturated rings. The summed E-state index contributed by atoms with van der Waals surface area (Å²) >= 11 is 1.61. The Labute approximate surface area is 373 Å². The van der Waals surface area contributed by atoms with Gasteiger partial charge in [0.2, 0.25) is 30.8 Å². The lowest BCUT2D eigenvalue weighted by molar-refractivity contribution is -0.174. The molecule has 5 aromatic heterocycles. The van der Waals surface area contributed by atoms with Gasteiger partial charge < -0.3 is 18.5 Å². The van der Waals surface area contributed by atoms with Crippen molar-refractivity contribution in [1.82, 2.24) is 34.7 Å². The number of fused-ring (bicyclic) bond motifs is 2. The van der Waals surface area contributed by atoms with Gasteiger partial charge in [0, 0.05) is 23.5 Å². The molecule has 0 amide bonds. The highest BCUT2D eigenvalue weighted by Crippen LogP contribution is 2.29. The molecule has 0 aliphatic carbocycles. The van der Waals surface area contributed by atoms with E-state index in [-0.39, 0.29) is 10.5 Å². The van der Waals surface area contributed by atoms with Gasteiger partial charge >= 0.3 is 35.5 Å². The van der Waals surface area contributed by atoms with E-state index in [1.807, 2.05) is 64.1 Å². The van der Waals surface area contributed by atoms with Crippen LogP contribution in [0.1, 0.15) is 47.2 Å². The summed E-state index contributed by atoms with van der Waals surface area (Å²) in [5.74, 6) is 0.764. The first-order valence-corrected chi connectivity index (χ1v) is 20.2. The third kappa shape index (κ3) is 14.5. The SMILES string of the molecule is CCc1cc(/C(=N/OCC(F)(F)F)n2cncn2)cnc1-c1nc2cc(C)ccc2o1.CCc1cc(/C(Br)=N/OCC(F)(F)F)cnc1-c1nc2cc(C)ccc2o1.O=S=O.O=S=O. The molecule has 0 atom stereocenters. The minimum Gasteiger partial charge on any atom is -0.435 e. The van der Waals surface area contributed by atoms with E-state index in [4.69, 9.17) is 25.7 Å². The quantitative estimate of drug-likeness (QED) is 0.0546. The van der Waals surface area contributed by atoms with Crippen LogP contribution in [0.5, 0.6) is 0 Å². The third-order valence-electron chi connectivity index (χ3n) is 8.07. The van der Waals surface area contributed by atoms with Crippen molar-refractivity contribution in [1.29, 1.82) is 0 Å². The van der Waals surface area contributed by atoms with Crippen molar-refractivity contribution < 1.29 is 61.7 Å². The summed E-state index contributed by atoms with van der Waals surface area (Å²) in [7, 11) is 0. The predicted octanol–water partition coefficient (Wildman–Crippen LogP) is 8.20. The van der Waals surface area contributed by atoms with Crippen LogP contribution in [0, 0.1) is 13.8 Å². The van der Waals surface area contributed by atoms with Crippen LogP contribution in [-0.2, 0) is 45.7 Å². The van der Waals surface area contributed by atoms with Gasteiger partial charge in [0.05, 0.1) is 0 Å². The van der Waals surface area contributed by atoms with Crippen LogP contribution in [0.4, 0.5) is 26.3 Å². The summed E-state index contributed by atoms with van der Waals surface area (Å²) in [6.45, 7) is 4.79. The van der Waals surface area contributed by atoms with E-state index in [1.165, 1.54) is 29.7 Å². The number of alkyl halides is 6. The van der Waals surface area contributed by atoms with Crippen LogP contribution in [0.15, 0.2) is 92.7 Å². The molecule has 7 rings (SSSR count). The van der Waals surface area contributed by atoms with Gasteiger partial charge in [-0.2, -0.15) is 53.0 Å². The average molecular weight is 1000 g/mol. The molecule has 0 unspecified atom stereocenters. The molecule has 0 N–H and O–H groups in total. The third-order valence-corrected chi connectivity index (χ3v) is 8.67. The second kappa shape index (κ2) is 23.2. The lowest BCUT2D eigenvalue weighted by atomic mass is 10.1. The first kappa shape index (κ1) is 50.1. The number of hydrogen-bond acceptors (Lipinski definition) is 16. The van der Waals surface area contributed by atoms with Gasteiger partial charge in [0.1, 0.15) is 35.1 Å². The Hall–Kier alpha value is -6.54. The zero-order valence-electron chi connectivity index (χ0n) is 33.5. The number of oxime groups is 2. The largest absolute Gasteiger partial charge is 0.435 e. The van der Waals surface area contributed by atoms with Crippen molar-refractivity contribution in [3.05, 3.63) is 107 Å². The summed E-state index contributed by atoms with van der Waals surface area (Å²) in [5, 5.41) is 11.0. The molecular formula is C38H32BrF6N9O8S2. The molecular weight excluding hydrogens is 968 g/mol. The van der Waals surface area contributed by atoms with Gasteiger partial charge in [0.25, 0.3) is 0 Å². The Bertz CT molecular complexity index is 2790. The maximum Gasteiger partial charge on any atom is 0.425 e. The summed E-state index contributed by atoms with van der Waals surface area (Å²) in [4.78, 5) is 30.4. The first-order valence-electron chi connectivity index (χ1n) is 18.0. The average Bonchev–Trinajstić information content (AvgIpc) is 4.02. The van der Waals surface area contributed by atoms with Crippen molar-refractivity contribution in [2.24, 2.45) is 10.3 Å². The van der Waals surface area contributed by atoms with E-state index in [1.54, 1.807) is 12.1 Å². The molecule has 7 aromatic rings. The minimum atomic E-state index is -4.51. The van der Waals surface area contributed by atoms with Gasteiger partial charge in [-0.3, -0.25) is 9.97 Å². The summed E-state index contributed by atoms with van der Waals surface area (Å²) in [5.41, 5.74) is 8.47. The van der Waals surface area contributed by atoms with Crippen LogP contribution in [0.25, 0.3) is 45.4 Å². The van der Waals surface area contributed by atoms with E-state index in [9.17, 15) is 26.3 Å². The number of nitrogens with zero attached hydrogens (tertiary/aromatic N) is 9. The van der Waals surface area contributed by atoms with E-state index in [0.29, 0.717) is 63.8 Å². The van der Waals surface area contributed by atoms with E-state index in [0.717, 1.165) is 27.8 Å². The zero-order chi connectivity index (χ0) is 47.0. The Morgan fingerprint density at radius 1 is 0.719 bits per heavy atom. The van der Waals surface area contributed by atoms with Gasteiger partial charge in [-0.15, -0.1) is 0 Å². The van der Waals surface area contributed by atoms with E-state index < -0.39 is 48.7 Å². The molecule has 0 spiro atoms. The van der Waals surface area contributed by atoms with Crippen molar-refractivity contribution in [2.75, 3.05) is 13.2 Å². The first-order chi connectivity index (χ1) is 30.4. The van der Waals surface area contributed by atoms with Crippen LogP contribution in [-0.4, -0.2) is 87.6 Å². The van der Waals surface area contributed by atoms with Crippen LogP contribution in [0.3, 0.4) is 0 Å². The molecule has 0 aliphatic rings. The number of halogens is 7. The fourth-order valence-electron chi connectivity index (χ4n) is 5.38. The van der Waals surface area contributed by atoms with Crippen LogP contribution >= 0.6 is 15.9 Å². The fraction of sp³-hybridized carbons (Fsp3) is 0.263. The number of pyridine rings is 2. The number of rotatable bonds is 10. The lowest BCUT2D eigenvalue weighted by Gasteiger charge is -2.10. The highest BCUT2D eigenvalue weighted by molar-refractivity contribution is 9.18. The molecule has 0 aliphatic heterocycles. The normalized spacial score (nSPS) is 11.7.